The summed E-state index contributed by atoms with van der Waals surface area (Å²) in [5.41, 5.74) is -1.49. The Morgan fingerprint density at radius 2 is 1.63 bits per heavy atom. The molecule has 1 aliphatic heterocycles. The van der Waals surface area contributed by atoms with E-state index in [-0.39, 0.29) is 41.7 Å². The van der Waals surface area contributed by atoms with Crippen molar-refractivity contribution in [1.82, 2.24) is 15.4 Å². The summed E-state index contributed by atoms with van der Waals surface area (Å²) < 4.78 is 28.4. The quantitative estimate of drug-likeness (QED) is 0.249. The maximum absolute atomic E-state index is 13.3. The third-order valence-electron chi connectivity index (χ3n) is 6.57. The van der Waals surface area contributed by atoms with E-state index in [1.807, 2.05) is 4.72 Å². The molecule has 0 aromatic heterocycles. The van der Waals surface area contributed by atoms with Crippen molar-refractivity contribution in [3.05, 3.63) is 36.9 Å². The molecule has 13 heteroatoms. The molecule has 0 bridgehead atoms. The Kier molecular flexibility index (Phi) is 9.54. The summed E-state index contributed by atoms with van der Waals surface area (Å²) in [4.78, 5) is 65.1. The number of carbonyl (C=O) groups excluding carboxylic acids is 5. The average molecular weight is 546 g/mol. The summed E-state index contributed by atoms with van der Waals surface area (Å²) in [6.07, 6.45) is 6.86. The summed E-state index contributed by atoms with van der Waals surface area (Å²) in [7, 11) is -4.54. The van der Waals surface area contributed by atoms with Gasteiger partial charge >= 0.3 is 0 Å². The Balaban J connectivity index is 1.94. The van der Waals surface area contributed by atoms with E-state index in [0.29, 0.717) is 12.8 Å². The zero-order valence-corrected chi connectivity index (χ0v) is 21.6. The first-order valence-electron chi connectivity index (χ1n) is 12.4. The van der Waals surface area contributed by atoms with Gasteiger partial charge in [0.1, 0.15) is 16.5 Å². The number of carbonyl (C=O) groups is 4. The zero-order chi connectivity index (χ0) is 27.8. The lowest BCUT2D eigenvalue weighted by molar-refractivity contribution is -0.129. The van der Waals surface area contributed by atoms with E-state index < -0.39 is 45.9 Å². The molecule has 1 unspecified atom stereocenters. The molecule has 1 aliphatic carbocycles. The van der Waals surface area contributed by atoms with Gasteiger partial charge in [0.15, 0.2) is 0 Å². The molecule has 38 heavy (non-hydrogen) atoms. The van der Waals surface area contributed by atoms with E-state index in [2.05, 4.69) is 27.5 Å². The van der Waals surface area contributed by atoms with Crippen LogP contribution in [0.5, 0.6) is 0 Å². The first kappa shape index (κ1) is 28.7. The Hall–Kier alpha value is -3.83. The van der Waals surface area contributed by atoms with Gasteiger partial charge in [0.25, 0.3) is 15.9 Å². The lowest BCUT2D eigenvalue weighted by Gasteiger charge is -2.24. The number of hydrogen-bond donors (Lipinski definition) is 4. The smallest absolute Gasteiger partial charge is 0.266 e. The highest BCUT2D eigenvalue weighted by Gasteiger charge is 2.62. The van der Waals surface area contributed by atoms with Gasteiger partial charge in [0.05, 0.1) is 12.2 Å². The molecule has 2 aliphatic rings. The Morgan fingerprint density at radius 3 is 2.29 bits per heavy atom. The van der Waals surface area contributed by atoms with Crippen molar-refractivity contribution in [3.8, 4) is 0 Å². The molecule has 1 saturated carbocycles. The molecule has 3 atom stereocenters. The molecule has 0 radical (unpaired) electrons. The van der Waals surface area contributed by atoms with Crippen LogP contribution in [0.1, 0.15) is 51.4 Å². The highest BCUT2D eigenvalue weighted by molar-refractivity contribution is 7.90. The first-order valence-corrected chi connectivity index (χ1v) is 13.8. The van der Waals surface area contributed by atoms with Gasteiger partial charge in [-0.05, 0) is 31.4 Å². The molecule has 0 spiro atoms. The lowest BCUT2D eigenvalue weighted by Crippen LogP contribution is -2.57. The second kappa shape index (κ2) is 12.6. The predicted molar refractivity (Wildman–Crippen MR) is 137 cm³/mol. The van der Waals surface area contributed by atoms with Crippen LogP contribution < -0.4 is 20.7 Å². The monoisotopic (exact) mass is 545 g/mol. The fourth-order valence-corrected chi connectivity index (χ4v) is 5.61. The second-order valence-electron chi connectivity index (χ2n) is 9.30. The van der Waals surface area contributed by atoms with Crippen LogP contribution in [0, 0.1) is 5.92 Å². The summed E-state index contributed by atoms with van der Waals surface area (Å²) in [6, 6.07) is 4.01. The molecule has 3 rings (SSSR count). The number of anilines is 1. The fourth-order valence-electron chi connectivity index (χ4n) is 4.45. The van der Waals surface area contributed by atoms with Gasteiger partial charge in [-0.3, -0.25) is 19.2 Å². The number of amides is 4. The van der Waals surface area contributed by atoms with E-state index in [1.165, 1.54) is 30.4 Å². The average Bonchev–Trinajstić information content (AvgIpc) is 3.58. The number of fused-ring (bicyclic) bond motifs is 1. The molecule has 1 heterocycles. The van der Waals surface area contributed by atoms with Gasteiger partial charge in [0, 0.05) is 18.8 Å². The van der Waals surface area contributed by atoms with E-state index in [4.69, 9.17) is 0 Å². The molecule has 4 N–H and O–H groups in total. The predicted octanol–water partition coefficient (Wildman–Crippen LogP) is 1.06. The van der Waals surface area contributed by atoms with Crippen LogP contribution in [0.2, 0.25) is 0 Å². The van der Waals surface area contributed by atoms with E-state index >= 15 is 0 Å². The molecule has 1 aromatic rings. The van der Waals surface area contributed by atoms with Gasteiger partial charge in [-0.25, -0.2) is 17.9 Å². The Morgan fingerprint density at radius 1 is 0.974 bits per heavy atom. The van der Waals surface area contributed by atoms with Gasteiger partial charge < -0.3 is 16.0 Å². The number of benzene rings is 1. The lowest BCUT2D eigenvalue weighted by atomic mass is 10.0. The van der Waals surface area contributed by atoms with Crippen molar-refractivity contribution in [2.45, 2.75) is 67.8 Å². The number of sulfonamides is 1. The van der Waals surface area contributed by atoms with Gasteiger partial charge in [-0.2, -0.15) is 4.99 Å². The number of rotatable bonds is 3. The molecule has 4 amide bonds. The normalized spacial score (nSPS) is 27.2. The Bertz CT molecular complexity index is 1260. The van der Waals surface area contributed by atoms with E-state index in [0.717, 1.165) is 19.3 Å². The first-order chi connectivity index (χ1) is 18.1. The van der Waals surface area contributed by atoms with Crippen molar-refractivity contribution in [1.29, 1.82) is 0 Å². The van der Waals surface area contributed by atoms with Crippen molar-refractivity contribution in [2.24, 2.45) is 10.9 Å². The van der Waals surface area contributed by atoms with Crippen LogP contribution >= 0.6 is 0 Å². The fraction of sp³-hybridized carbons (Fsp3) is 0.480. The molecule has 1 aromatic carbocycles. The highest BCUT2D eigenvalue weighted by Crippen LogP contribution is 2.50. The number of hydrogen-bond acceptors (Lipinski definition) is 8. The SMILES string of the molecule is C=C[C@@H]1C[C@]1(N=C=O)C1NC(=O)CNC(=O)CCCCCCCC(=O)Nc2ccccc2S(=O)(=O)NC1=O. The van der Waals surface area contributed by atoms with Crippen molar-refractivity contribution >= 4 is 45.4 Å². The number of isocyanates is 1. The van der Waals surface area contributed by atoms with Crippen LogP contribution in [0.15, 0.2) is 46.8 Å². The molecular formula is C25H31N5O7S. The van der Waals surface area contributed by atoms with Gasteiger partial charge in [-0.15, -0.1) is 6.58 Å². The van der Waals surface area contributed by atoms with Crippen molar-refractivity contribution in [3.63, 3.8) is 0 Å². The van der Waals surface area contributed by atoms with Gasteiger partial charge in [-0.1, -0.05) is 37.5 Å². The summed E-state index contributed by atoms with van der Waals surface area (Å²) in [5, 5.41) is 7.46. The summed E-state index contributed by atoms with van der Waals surface area (Å²) in [5.74, 6) is -3.17. The number of nitrogens with zero attached hydrogens (tertiary/aromatic N) is 1. The summed E-state index contributed by atoms with van der Waals surface area (Å²) >= 11 is 0. The van der Waals surface area contributed by atoms with Gasteiger partial charge in [0.2, 0.25) is 23.8 Å². The van der Waals surface area contributed by atoms with Crippen LogP contribution in [-0.2, 0) is 34.0 Å². The minimum atomic E-state index is -4.54. The molecule has 0 saturated heterocycles. The molecular weight excluding hydrogens is 514 g/mol. The minimum absolute atomic E-state index is 0.00785. The number of para-hydroxylation sites is 1. The maximum Gasteiger partial charge on any atom is 0.266 e. The summed E-state index contributed by atoms with van der Waals surface area (Å²) in [6.45, 7) is 3.19. The maximum atomic E-state index is 13.3. The Labute approximate surface area is 220 Å². The zero-order valence-electron chi connectivity index (χ0n) is 20.8. The third-order valence-corrected chi connectivity index (χ3v) is 7.98. The van der Waals surface area contributed by atoms with Crippen LogP contribution in [0.4, 0.5) is 5.69 Å². The molecule has 1 fully saturated rings. The van der Waals surface area contributed by atoms with Crippen LogP contribution in [-0.4, -0.2) is 56.3 Å². The van der Waals surface area contributed by atoms with E-state index in [1.54, 1.807) is 6.07 Å². The molecule has 204 valence electrons. The number of nitrogens with one attached hydrogen (secondary N) is 4. The van der Waals surface area contributed by atoms with Crippen LogP contribution in [0.3, 0.4) is 0 Å². The standard InChI is InChI=1S/C25H31N5O7S/c1-2-17-14-25(17,27-16-31)23-24(35)30-38(36,37)19-11-9-8-10-18(19)28-21(33)13-7-5-3-4-6-12-20(32)26-15-22(34)29-23/h2,8-11,17,23H,1,3-7,12-15H2,(H,26,32)(H,28,33)(H,29,34)(H,30,35)/t17-,23?,25-/m1/s1. The van der Waals surface area contributed by atoms with E-state index in [9.17, 15) is 32.4 Å². The largest absolute Gasteiger partial charge is 0.347 e. The highest BCUT2D eigenvalue weighted by atomic mass is 32.2. The molecule has 12 nitrogen and oxygen atoms in total. The third kappa shape index (κ3) is 7.14. The second-order valence-corrected chi connectivity index (χ2v) is 11.0. The minimum Gasteiger partial charge on any atom is -0.347 e. The number of aliphatic imine (C=N–C) groups is 1. The van der Waals surface area contributed by atoms with Crippen molar-refractivity contribution < 1.29 is 32.4 Å². The topological polar surface area (TPSA) is 180 Å². The van der Waals surface area contributed by atoms with Crippen LogP contribution in [0.25, 0.3) is 0 Å². The van der Waals surface area contributed by atoms with Crippen molar-refractivity contribution in [2.75, 3.05) is 11.9 Å².